The predicted octanol–water partition coefficient (Wildman–Crippen LogP) is 1.81. The van der Waals surface area contributed by atoms with Crippen molar-refractivity contribution in [2.24, 2.45) is 5.92 Å². The van der Waals surface area contributed by atoms with E-state index >= 15 is 0 Å². The zero-order valence-electron chi connectivity index (χ0n) is 16.3. The fourth-order valence-corrected chi connectivity index (χ4v) is 3.11. The summed E-state index contributed by atoms with van der Waals surface area (Å²) >= 11 is 0. The van der Waals surface area contributed by atoms with E-state index < -0.39 is 0 Å². The fraction of sp³-hybridized carbons (Fsp3) is 0.286. The van der Waals surface area contributed by atoms with Crippen LogP contribution in [0.4, 0.5) is 11.4 Å². The molecule has 8 heteroatoms. The maximum atomic E-state index is 12.2. The second kappa shape index (κ2) is 9.09. The number of hydrogen-bond acceptors (Lipinski definition) is 5. The highest BCUT2D eigenvalue weighted by Gasteiger charge is 2.34. The van der Waals surface area contributed by atoms with Crippen LogP contribution < -0.4 is 25.0 Å². The third kappa shape index (κ3) is 5.04. The first-order valence-corrected chi connectivity index (χ1v) is 9.19. The van der Waals surface area contributed by atoms with E-state index in [4.69, 9.17) is 9.47 Å². The Kier molecular flexibility index (Phi) is 6.33. The standard InChI is InChI=1S/C21H23N3O5/c1-22-21(27)14-10-20(26)24(12-14)16-6-8-17(9-7-16)29-13-19(25)23-15-4-3-5-18(11-15)28-2/h3-9,11,14H,10,12-13H2,1-2H3,(H,22,27)(H,23,25)/t14-/m0/s1. The van der Waals surface area contributed by atoms with Gasteiger partial charge in [0.1, 0.15) is 11.5 Å². The summed E-state index contributed by atoms with van der Waals surface area (Å²) in [5.74, 6) is 0.278. The van der Waals surface area contributed by atoms with Crippen molar-refractivity contribution in [2.45, 2.75) is 6.42 Å². The summed E-state index contributed by atoms with van der Waals surface area (Å²) in [6, 6.07) is 13.9. The van der Waals surface area contributed by atoms with E-state index in [1.807, 2.05) is 0 Å². The highest BCUT2D eigenvalue weighted by atomic mass is 16.5. The van der Waals surface area contributed by atoms with Crippen molar-refractivity contribution in [3.05, 3.63) is 48.5 Å². The Bertz CT molecular complexity index is 897. The largest absolute Gasteiger partial charge is 0.497 e. The summed E-state index contributed by atoms with van der Waals surface area (Å²) in [6.07, 6.45) is 0.197. The third-order valence-corrected chi connectivity index (χ3v) is 4.61. The number of ether oxygens (including phenoxy) is 2. The quantitative estimate of drug-likeness (QED) is 0.743. The van der Waals surface area contributed by atoms with Gasteiger partial charge in [-0.25, -0.2) is 0 Å². The Balaban J connectivity index is 1.53. The average Bonchev–Trinajstić information content (AvgIpc) is 3.13. The number of methoxy groups -OCH3 is 1. The van der Waals surface area contributed by atoms with E-state index in [1.165, 1.54) is 0 Å². The molecule has 1 aliphatic rings. The molecule has 0 aromatic heterocycles. The number of amides is 3. The molecule has 1 heterocycles. The molecule has 0 radical (unpaired) electrons. The van der Waals surface area contributed by atoms with E-state index in [0.717, 1.165) is 0 Å². The Morgan fingerprint density at radius 2 is 1.90 bits per heavy atom. The van der Waals surface area contributed by atoms with Crippen LogP contribution >= 0.6 is 0 Å². The molecule has 1 aliphatic heterocycles. The van der Waals surface area contributed by atoms with Crippen LogP contribution in [-0.4, -0.2) is 45.0 Å². The molecule has 1 fully saturated rings. The molecule has 0 spiro atoms. The number of carbonyl (C=O) groups is 3. The van der Waals surface area contributed by atoms with Gasteiger partial charge in [-0.15, -0.1) is 0 Å². The van der Waals surface area contributed by atoms with E-state index in [2.05, 4.69) is 10.6 Å². The van der Waals surface area contributed by atoms with Gasteiger partial charge in [0.2, 0.25) is 11.8 Å². The molecule has 3 rings (SSSR count). The van der Waals surface area contributed by atoms with Gasteiger partial charge in [0.15, 0.2) is 6.61 Å². The molecule has 8 nitrogen and oxygen atoms in total. The lowest BCUT2D eigenvalue weighted by molar-refractivity contribution is -0.125. The molecular weight excluding hydrogens is 374 g/mol. The smallest absolute Gasteiger partial charge is 0.262 e. The molecule has 0 unspecified atom stereocenters. The topological polar surface area (TPSA) is 97.0 Å². The van der Waals surface area contributed by atoms with Crippen LogP contribution in [0.25, 0.3) is 0 Å². The lowest BCUT2D eigenvalue weighted by Crippen LogP contribution is -2.30. The van der Waals surface area contributed by atoms with E-state index in [-0.39, 0.29) is 36.7 Å². The number of nitrogens with one attached hydrogen (secondary N) is 2. The number of benzene rings is 2. The molecule has 2 aromatic carbocycles. The number of nitrogens with zero attached hydrogens (tertiary/aromatic N) is 1. The second-order valence-electron chi connectivity index (χ2n) is 6.58. The minimum atomic E-state index is -0.344. The normalized spacial score (nSPS) is 15.7. The summed E-state index contributed by atoms with van der Waals surface area (Å²) in [6.45, 7) is 0.194. The van der Waals surface area contributed by atoms with Gasteiger partial charge in [-0.05, 0) is 36.4 Å². The van der Waals surface area contributed by atoms with Crippen LogP contribution in [0.1, 0.15) is 6.42 Å². The van der Waals surface area contributed by atoms with Crippen molar-refractivity contribution in [2.75, 3.05) is 37.5 Å². The highest BCUT2D eigenvalue weighted by Crippen LogP contribution is 2.27. The van der Waals surface area contributed by atoms with Gasteiger partial charge in [-0.2, -0.15) is 0 Å². The molecule has 2 N–H and O–H groups in total. The summed E-state index contributed by atoms with van der Waals surface area (Å²) in [5.41, 5.74) is 1.31. The maximum absolute atomic E-state index is 12.2. The van der Waals surface area contributed by atoms with Crippen LogP contribution in [0.15, 0.2) is 48.5 Å². The number of anilines is 2. The summed E-state index contributed by atoms with van der Waals surface area (Å²) < 4.78 is 10.6. The first-order valence-electron chi connectivity index (χ1n) is 9.19. The Morgan fingerprint density at radius 1 is 1.14 bits per heavy atom. The molecule has 29 heavy (non-hydrogen) atoms. The van der Waals surface area contributed by atoms with Gasteiger partial charge in [0.05, 0.1) is 13.0 Å². The number of rotatable bonds is 7. The Morgan fingerprint density at radius 3 is 2.59 bits per heavy atom. The predicted molar refractivity (Wildman–Crippen MR) is 108 cm³/mol. The van der Waals surface area contributed by atoms with Crippen molar-refractivity contribution in [1.82, 2.24) is 5.32 Å². The Labute approximate surface area is 168 Å². The molecule has 0 bridgehead atoms. The van der Waals surface area contributed by atoms with Crippen LogP contribution in [0.5, 0.6) is 11.5 Å². The molecule has 1 saturated heterocycles. The van der Waals surface area contributed by atoms with Crippen LogP contribution in [-0.2, 0) is 14.4 Å². The lowest BCUT2D eigenvalue weighted by atomic mass is 10.1. The Hall–Kier alpha value is -3.55. The fourth-order valence-electron chi connectivity index (χ4n) is 3.11. The van der Waals surface area contributed by atoms with Crippen molar-refractivity contribution in [1.29, 1.82) is 0 Å². The van der Waals surface area contributed by atoms with Gasteiger partial charge in [-0.3, -0.25) is 14.4 Å². The maximum Gasteiger partial charge on any atom is 0.262 e. The van der Waals surface area contributed by atoms with Crippen LogP contribution in [0.2, 0.25) is 0 Å². The van der Waals surface area contributed by atoms with E-state index in [1.54, 1.807) is 67.6 Å². The zero-order chi connectivity index (χ0) is 20.8. The first kappa shape index (κ1) is 20.2. The molecule has 0 saturated carbocycles. The van der Waals surface area contributed by atoms with E-state index in [0.29, 0.717) is 29.4 Å². The molecule has 3 amide bonds. The first-order chi connectivity index (χ1) is 14.0. The molecule has 2 aromatic rings. The van der Waals surface area contributed by atoms with Crippen molar-refractivity contribution in [3.8, 4) is 11.5 Å². The average molecular weight is 397 g/mol. The zero-order valence-corrected chi connectivity index (χ0v) is 16.3. The van der Waals surface area contributed by atoms with Crippen LogP contribution in [0, 0.1) is 5.92 Å². The number of carbonyl (C=O) groups excluding carboxylic acids is 3. The SMILES string of the molecule is CNC(=O)[C@H]1CC(=O)N(c2ccc(OCC(=O)Nc3cccc(OC)c3)cc2)C1. The molecule has 152 valence electrons. The van der Waals surface area contributed by atoms with Gasteiger partial charge < -0.3 is 25.0 Å². The summed E-state index contributed by atoms with van der Waals surface area (Å²) in [4.78, 5) is 37.6. The van der Waals surface area contributed by atoms with Gasteiger partial charge in [0, 0.05) is 37.5 Å². The monoisotopic (exact) mass is 397 g/mol. The van der Waals surface area contributed by atoms with Gasteiger partial charge in [0.25, 0.3) is 5.91 Å². The van der Waals surface area contributed by atoms with Crippen molar-refractivity contribution in [3.63, 3.8) is 0 Å². The highest BCUT2D eigenvalue weighted by molar-refractivity contribution is 6.00. The van der Waals surface area contributed by atoms with E-state index in [9.17, 15) is 14.4 Å². The molecular formula is C21H23N3O5. The summed E-state index contributed by atoms with van der Waals surface area (Å²) in [5, 5.41) is 5.31. The third-order valence-electron chi connectivity index (χ3n) is 4.61. The minimum Gasteiger partial charge on any atom is -0.497 e. The van der Waals surface area contributed by atoms with Crippen molar-refractivity contribution >= 4 is 29.1 Å². The molecule has 0 aliphatic carbocycles. The minimum absolute atomic E-state index is 0.0927. The van der Waals surface area contributed by atoms with Gasteiger partial charge in [-0.1, -0.05) is 6.07 Å². The number of hydrogen-bond donors (Lipinski definition) is 2. The van der Waals surface area contributed by atoms with Crippen LogP contribution in [0.3, 0.4) is 0 Å². The molecule has 1 atom stereocenters. The van der Waals surface area contributed by atoms with Crippen molar-refractivity contribution < 1.29 is 23.9 Å². The second-order valence-corrected chi connectivity index (χ2v) is 6.58. The lowest BCUT2D eigenvalue weighted by Gasteiger charge is -2.17. The van der Waals surface area contributed by atoms with Gasteiger partial charge >= 0.3 is 0 Å². The summed E-state index contributed by atoms with van der Waals surface area (Å²) in [7, 11) is 3.12.